The van der Waals surface area contributed by atoms with Gasteiger partial charge in [0.15, 0.2) is 12.7 Å². The summed E-state index contributed by atoms with van der Waals surface area (Å²) in [6, 6.07) is 15.5. The fraction of sp³-hybridized carbons (Fsp3) is 0.825. The number of aliphatic imine (C=N–C) groups is 1. The Labute approximate surface area is 268 Å². The summed E-state index contributed by atoms with van der Waals surface area (Å²) in [7, 11) is 0. The molecule has 3 nitrogen and oxygen atoms in total. The molecule has 15 atom stereocenters. The van der Waals surface area contributed by atoms with E-state index in [1.54, 1.807) is 11.4 Å². The van der Waals surface area contributed by atoms with E-state index < -0.39 is 0 Å². The van der Waals surface area contributed by atoms with Crippen LogP contribution in [0.4, 0.5) is 0 Å². The summed E-state index contributed by atoms with van der Waals surface area (Å²) in [4.78, 5) is 12.3. The average molecular weight is 592 g/mol. The van der Waals surface area contributed by atoms with Crippen LogP contribution in [-0.4, -0.2) is 52.7 Å². The minimum Gasteiger partial charge on any atom is -0.337 e. The molecular weight excluding hydrogens is 533 g/mol. The summed E-state index contributed by atoms with van der Waals surface area (Å²) >= 11 is 0. The lowest BCUT2D eigenvalue weighted by molar-refractivity contribution is -0.103. The zero-order chi connectivity index (χ0) is 29.5. The predicted molar refractivity (Wildman–Crippen MR) is 182 cm³/mol. The molecule has 9 aliphatic rings. The van der Waals surface area contributed by atoms with E-state index in [0.29, 0.717) is 29.6 Å². The van der Waals surface area contributed by atoms with Gasteiger partial charge in [-0.3, -0.25) is 0 Å². The number of guanidine groups is 1. The normalized spacial score (nSPS) is 51.3. The number of hydrogen-bond acceptors (Lipinski definition) is 3. The molecule has 2 saturated heterocycles. The molecule has 0 aromatic heterocycles. The second-order valence-corrected chi connectivity index (χ2v) is 18.5. The minimum absolute atomic E-state index is 0.492. The first-order chi connectivity index (χ1) is 21.4. The number of benzene rings is 1. The Morgan fingerprint density at radius 2 is 1.45 bits per heavy atom. The third kappa shape index (κ3) is 3.50. The summed E-state index contributed by atoms with van der Waals surface area (Å²) in [5, 5.41) is 0. The predicted octanol–water partition coefficient (Wildman–Crippen LogP) is 8.12. The van der Waals surface area contributed by atoms with Crippen LogP contribution in [0.25, 0.3) is 0 Å². The molecule has 15 unspecified atom stereocenters. The van der Waals surface area contributed by atoms with Crippen molar-refractivity contribution in [2.45, 2.75) is 153 Å². The molecule has 6 saturated carbocycles. The van der Waals surface area contributed by atoms with Crippen molar-refractivity contribution in [2.24, 2.45) is 57.8 Å². The highest BCUT2D eigenvalue weighted by atomic mass is 15.5. The highest BCUT2D eigenvalue weighted by Crippen LogP contribution is 2.69. The lowest BCUT2D eigenvalue weighted by Crippen LogP contribution is -2.78. The van der Waals surface area contributed by atoms with Crippen LogP contribution < -0.4 is 5.46 Å². The van der Waals surface area contributed by atoms with E-state index in [0.717, 1.165) is 71.7 Å². The molecule has 1 aromatic carbocycles. The van der Waals surface area contributed by atoms with Crippen LogP contribution in [0.3, 0.4) is 0 Å². The Morgan fingerprint density at radius 1 is 0.682 bits per heavy atom. The van der Waals surface area contributed by atoms with Crippen molar-refractivity contribution in [3.63, 3.8) is 0 Å². The molecule has 3 aliphatic heterocycles. The highest BCUT2D eigenvalue weighted by molar-refractivity contribution is 6.76. The maximum Gasteiger partial charge on any atom is 0.198 e. The van der Waals surface area contributed by atoms with Crippen LogP contribution in [0, 0.1) is 52.8 Å². The van der Waals surface area contributed by atoms with Gasteiger partial charge in [-0.05, 0) is 103 Å². The monoisotopic (exact) mass is 591 g/mol. The summed E-state index contributed by atoms with van der Waals surface area (Å²) in [6.07, 6.45) is 18.7. The van der Waals surface area contributed by atoms with Crippen molar-refractivity contribution in [1.82, 2.24) is 9.80 Å². The van der Waals surface area contributed by atoms with Crippen molar-refractivity contribution in [3.8, 4) is 0 Å². The zero-order valence-corrected chi connectivity index (χ0v) is 28.2. The van der Waals surface area contributed by atoms with Gasteiger partial charge in [-0.1, -0.05) is 102 Å². The fourth-order valence-electron chi connectivity index (χ4n) is 15.7. The molecule has 0 amide bonds. The average Bonchev–Trinajstić information content (AvgIpc) is 3.54. The maximum atomic E-state index is 5.94. The molecule has 0 radical (unpaired) electrons. The number of fused-ring (bicyclic) bond motifs is 11. The number of hydrogen-bond donors (Lipinski definition) is 0. The second kappa shape index (κ2) is 9.79. The van der Waals surface area contributed by atoms with E-state index in [2.05, 4.69) is 67.8 Å². The van der Waals surface area contributed by atoms with E-state index in [-0.39, 0.29) is 0 Å². The smallest absolute Gasteiger partial charge is 0.198 e. The standard InChI is InChI=1S/C40H58BN3/c1-23-18-21-33-36-34(23)24(2)22-30-38(36)44(39-42-31-16-10-11-17-32(31)43(33)39)37-29(41(30)25-12-6-5-7-13-25)20-19-28-35(37)26-14-8-9-15-27(26)40(28,3)4/h5-7,12-13,23-24,26-38H,8-11,14-22H2,1-4H3. The van der Waals surface area contributed by atoms with Gasteiger partial charge < -0.3 is 9.80 Å². The van der Waals surface area contributed by atoms with Crippen molar-refractivity contribution in [1.29, 1.82) is 0 Å². The van der Waals surface area contributed by atoms with E-state index in [1.807, 2.05) is 0 Å². The molecule has 8 fully saturated rings. The molecule has 236 valence electrons. The van der Waals surface area contributed by atoms with Crippen molar-refractivity contribution in [3.05, 3.63) is 30.3 Å². The van der Waals surface area contributed by atoms with Crippen molar-refractivity contribution >= 4 is 18.1 Å². The molecule has 0 N–H and O–H groups in total. The highest BCUT2D eigenvalue weighted by Gasteiger charge is 2.70. The lowest BCUT2D eigenvalue weighted by Gasteiger charge is -2.70. The Hall–Kier alpha value is -1.45. The van der Waals surface area contributed by atoms with Gasteiger partial charge in [-0.2, -0.15) is 0 Å². The summed E-state index contributed by atoms with van der Waals surface area (Å²) < 4.78 is 0. The van der Waals surface area contributed by atoms with Crippen LogP contribution in [-0.2, 0) is 0 Å². The van der Waals surface area contributed by atoms with Gasteiger partial charge in [0.2, 0.25) is 0 Å². The molecule has 0 bridgehead atoms. The third-order valence-electron chi connectivity index (χ3n) is 16.8. The quantitative estimate of drug-likeness (QED) is 0.307. The SMILES string of the molecule is CC1CCC2C3C1C(C)CC1B(c4ccccc4)C4CCC5C(C6CCCCC6C5(C)C)C4N(C4=NC5CCCCC5N42)C13. The van der Waals surface area contributed by atoms with Crippen molar-refractivity contribution in [2.75, 3.05) is 0 Å². The fourth-order valence-corrected chi connectivity index (χ4v) is 15.7. The first-order valence-corrected chi connectivity index (χ1v) is 19.6. The Balaban J connectivity index is 1.19. The molecule has 10 rings (SSSR count). The molecular formula is C40H58BN3. The van der Waals surface area contributed by atoms with Crippen molar-refractivity contribution < 1.29 is 0 Å². The first-order valence-electron chi connectivity index (χ1n) is 19.6. The van der Waals surface area contributed by atoms with Gasteiger partial charge in [-0.25, -0.2) is 4.99 Å². The van der Waals surface area contributed by atoms with Crippen LogP contribution >= 0.6 is 0 Å². The van der Waals surface area contributed by atoms with E-state index >= 15 is 0 Å². The maximum absolute atomic E-state index is 5.94. The zero-order valence-electron chi connectivity index (χ0n) is 28.2. The molecule has 44 heavy (non-hydrogen) atoms. The summed E-state index contributed by atoms with van der Waals surface area (Å²) in [5.41, 5.74) is 2.19. The van der Waals surface area contributed by atoms with Gasteiger partial charge in [0.25, 0.3) is 0 Å². The van der Waals surface area contributed by atoms with Gasteiger partial charge in [0.1, 0.15) is 0 Å². The first kappa shape index (κ1) is 27.6. The van der Waals surface area contributed by atoms with Crippen LogP contribution in [0.15, 0.2) is 35.3 Å². The largest absolute Gasteiger partial charge is 0.337 e. The Morgan fingerprint density at radius 3 is 2.32 bits per heavy atom. The molecule has 4 heteroatoms. The second-order valence-electron chi connectivity index (χ2n) is 18.5. The van der Waals surface area contributed by atoms with Gasteiger partial charge in [-0.15, -0.1) is 0 Å². The van der Waals surface area contributed by atoms with Gasteiger partial charge >= 0.3 is 0 Å². The summed E-state index contributed by atoms with van der Waals surface area (Å²) in [6.45, 7) is 11.5. The topological polar surface area (TPSA) is 18.8 Å². The van der Waals surface area contributed by atoms with Gasteiger partial charge in [0, 0.05) is 24.0 Å². The van der Waals surface area contributed by atoms with Gasteiger partial charge in [0.05, 0.1) is 12.1 Å². The third-order valence-corrected chi connectivity index (χ3v) is 16.8. The molecule has 1 aromatic rings. The van der Waals surface area contributed by atoms with E-state index in [1.165, 1.54) is 83.5 Å². The van der Waals surface area contributed by atoms with Crippen LogP contribution in [0.5, 0.6) is 0 Å². The van der Waals surface area contributed by atoms with E-state index in [4.69, 9.17) is 4.99 Å². The van der Waals surface area contributed by atoms with E-state index in [9.17, 15) is 0 Å². The minimum atomic E-state index is 0.492. The Bertz CT molecular complexity index is 1310. The lowest BCUT2D eigenvalue weighted by atomic mass is 9.22. The number of nitrogens with zero attached hydrogens (tertiary/aromatic N) is 3. The van der Waals surface area contributed by atoms with Crippen LogP contribution in [0.2, 0.25) is 11.6 Å². The Kier molecular flexibility index (Phi) is 6.15. The molecule has 6 aliphatic carbocycles. The summed E-state index contributed by atoms with van der Waals surface area (Å²) in [5.74, 6) is 10.2. The molecule has 3 heterocycles. The molecule has 0 spiro atoms. The number of rotatable bonds is 1. The van der Waals surface area contributed by atoms with Crippen LogP contribution in [0.1, 0.15) is 111 Å².